The Morgan fingerprint density at radius 3 is 2.85 bits per heavy atom. The highest BCUT2D eigenvalue weighted by atomic mass is 16.5. The summed E-state index contributed by atoms with van der Waals surface area (Å²) in [6, 6.07) is 9.86. The molecule has 2 aromatic rings. The van der Waals surface area contributed by atoms with Crippen molar-refractivity contribution in [2.24, 2.45) is 0 Å². The van der Waals surface area contributed by atoms with Crippen LogP contribution in [0.2, 0.25) is 0 Å². The fraction of sp³-hybridized carbons (Fsp3) is 0.476. The highest BCUT2D eigenvalue weighted by molar-refractivity contribution is 5.90. The molecule has 0 saturated heterocycles. The molecule has 1 N–H and O–H groups in total. The Hall–Kier alpha value is -2.65. The monoisotopic (exact) mass is 368 g/mol. The number of benzene rings is 1. The first-order chi connectivity index (χ1) is 12.9. The molecule has 0 aliphatic rings. The highest BCUT2D eigenvalue weighted by Crippen LogP contribution is 2.17. The van der Waals surface area contributed by atoms with Gasteiger partial charge in [0.05, 0.1) is 37.4 Å². The van der Waals surface area contributed by atoms with Gasteiger partial charge in [0.25, 0.3) is 0 Å². The van der Waals surface area contributed by atoms with Crippen LogP contribution in [0, 0.1) is 25.2 Å². The number of aromatic nitrogens is 2. The summed E-state index contributed by atoms with van der Waals surface area (Å²) in [5.41, 5.74) is 4.85. The molecule has 1 aromatic carbocycles. The zero-order valence-electron chi connectivity index (χ0n) is 16.6. The Labute approximate surface area is 161 Å². The molecule has 144 valence electrons. The Morgan fingerprint density at radius 1 is 1.37 bits per heavy atom. The van der Waals surface area contributed by atoms with Crippen LogP contribution < -0.4 is 5.32 Å². The minimum atomic E-state index is -0.0273. The second-order valence-electron chi connectivity index (χ2n) is 6.89. The lowest BCUT2D eigenvalue weighted by atomic mass is 10.1. The lowest BCUT2D eigenvalue weighted by Gasteiger charge is -2.10. The minimum absolute atomic E-state index is 0.0273. The van der Waals surface area contributed by atoms with Crippen molar-refractivity contribution in [2.75, 3.05) is 5.32 Å². The second-order valence-corrected chi connectivity index (χ2v) is 6.89. The van der Waals surface area contributed by atoms with Crippen LogP contribution in [-0.4, -0.2) is 21.8 Å². The zero-order chi connectivity index (χ0) is 19.8. The quantitative estimate of drug-likeness (QED) is 0.728. The van der Waals surface area contributed by atoms with E-state index in [0.29, 0.717) is 32.4 Å². The normalized spacial score (nSPS) is 10.8. The van der Waals surface area contributed by atoms with E-state index in [2.05, 4.69) is 16.5 Å². The van der Waals surface area contributed by atoms with Crippen LogP contribution in [0.4, 0.5) is 5.69 Å². The van der Waals surface area contributed by atoms with Gasteiger partial charge in [-0.05, 0) is 57.4 Å². The number of anilines is 1. The predicted molar refractivity (Wildman–Crippen MR) is 105 cm³/mol. The van der Waals surface area contributed by atoms with Gasteiger partial charge in [-0.3, -0.25) is 9.48 Å². The summed E-state index contributed by atoms with van der Waals surface area (Å²) in [4.78, 5) is 12.4. The summed E-state index contributed by atoms with van der Waals surface area (Å²) in [7, 11) is 0. The van der Waals surface area contributed by atoms with E-state index in [-0.39, 0.29) is 12.0 Å². The Bertz CT molecular complexity index is 818. The van der Waals surface area contributed by atoms with Gasteiger partial charge < -0.3 is 10.1 Å². The van der Waals surface area contributed by atoms with Gasteiger partial charge in [0.15, 0.2) is 0 Å². The number of nitrogens with zero attached hydrogens (tertiary/aromatic N) is 3. The van der Waals surface area contributed by atoms with Crippen molar-refractivity contribution < 1.29 is 9.53 Å². The molecule has 2 rings (SSSR count). The number of carbonyl (C=O) groups excluding carboxylic acids is 1. The van der Waals surface area contributed by atoms with Crippen molar-refractivity contribution in [1.29, 1.82) is 5.26 Å². The van der Waals surface area contributed by atoms with Crippen molar-refractivity contribution in [2.45, 2.75) is 66.2 Å². The molecule has 1 aromatic heterocycles. The summed E-state index contributed by atoms with van der Waals surface area (Å²) >= 11 is 0. The number of nitriles is 1. The van der Waals surface area contributed by atoms with E-state index in [1.807, 2.05) is 56.6 Å². The number of aryl methyl sites for hydroxylation is 2. The summed E-state index contributed by atoms with van der Waals surface area (Å²) in [6.07, 6.45) is 1.62. The molecule has 0 aliphatic carbocycles. The van der Waals surface area contributed by atoms with Crippen LogP contribution in [0.5, 0.6) is 0 Å². The molecule has 1 amide bonds. The number of hydrogen-bond donors (Lipinski definition) is 1. The lowest BCUT2D eigenvalue weighted by Crippen LogP contribution is -2.13. The standard InChI is InChI=1S/C21H28N4O2/c1-15(2)27-14-18-7-5-8-19(13-18)23-21(26)10-9-20-16(3)24-25(17(20)4)12-6-11-22/h5,7-8,13,15H,6,9-10,12,14H2,1-4H3,(H,23,26). The van der Waals surface area contributed by atoms with Gasteiger partial charge in [-0.1, -0.05) is 12.1 Å². The molecule has 0 unspecified atom stereocenters. The molecule has 0 spiro atoms. The van der Waals surface area contributed by atoms with Gasteiger partial charge >= 0.3 is 0 Å². The van der Waals surface area contributed by atoms with Crippen LogP contribution in [0.25, 0.3) is 0 Å². The number of carbonyl (C=O) groups is 1. The number of hydrogen-bond acceptors (Lipinski definition) is 4. The minimum Gasteiger partial charge on any atom is -0.374 e. The molecule has 0 aliphatic heterocycles. The van der Waals surface area contributed by atoms with Crippen LogP contribution in [-0.2, 0) is 29.1 Å². The van der Waals surface area contributed by atoms with E-state index in [0.717, 1.165) is 28.2 Å². The van der Waals surface area contributed by atoms with Gasteiger partial charge in [0.1, 0.15) is 0 Å². The Balaban J connectivity index is 1.92. The molecular formula is C21H28N4O2. The first-order valence-electron chi connectivity index (χ1n) is 9.31. The van der Waals surface area contributed by atoms with Crippen molar-refractivity contribution in [3.8, 4) is 6.07 Å². The van der Waals surface area contributed by atoms with Crippen LogP contribution in [0.15, 0.2) is 24.3 Å². The van der Waals surface area contributed by atoms with Gasteiger partial charge in [-0.2, -0.15) is 10.4 Å². The Kier molecular flexibility index (Phi) is 7.56. The molecule has 0 bridgehead atoms. The summed E-state index contributed by atoms with van der Waals surface area (Å²) < 4.78 is 7.46. The van der Waals surface area contributed by atoms with E-state index in [1.54, 1.807) is 0 Å². The van der Waals surface area contributed by atoms with Crippen molar-refractivity contribution in [3.63, 3.8) is 0 Å². The maximum atomic E-state index is 12.4. The third-order valence-corrected chi connectivity index (χ3v) is 4.36. The van der Waals surface area contributed by atoms with E-state index in [9.17, 15) is 4.79 Å². The fourth-order valence-electron chi connectivity index (χ4n) is 2.93. The summed E-state index contributed by atoms with van der Waals surface area (Å²) in [5, 5.41) is 16.2. The van der Waals surface area contributed by atoms with Crippen molar-refractivity contribution in [1.82, 2.24) is 9.78 Å². The number of nitrogens with one attached hydrogen (secondary N) is 1. The first kappa shape index (κ1) is 20.7. The van der Waals surface area contributed by atoms with Gasteiger partial charge in [0, 0.05) is 17.8 Å². The third-order valence-electron chi connectivity index (χ3n) is 4.36. The largest absolute Gasteiger partial charge is 0.374 e. The zero-order valence-corrected chi connectivity index (χ0v) is 16.6. The van der Waals surface area contributed by atoms with E-state index < -0.39 is 0 Å². The molecule has 27 heavy (non-hydrogen) atoms. The lowest BCUT2D eigenvalue weighted by molar-refractivity contribution is -0.116. The molecule has 0 saturated carbocycles. The summed E-state index contributed by atoms with van der Waals surface area (Å²) in [6.45, 7) is 9.04. The van der Waals surface area contributed by atoms with Gasteiger partial charge in [-0.15, -0.1) is 0 Å². The highest BCUT2D eigenvalue weighted by Gasteiger charge is 2.13. The molecular weight excluding hydrogens is 340 g/mol. The van der Waals surface area contributed by atoms with Crippen molar-refractivity contribution in [3.05, 3.63) is 46.8 Å². The number of rotatable bonds is 9. The third kappa shape index (κ3) is 6.22. The maximum absolute atomic E-state index is 12.4. The van der Waals surface area contributed by atoms with E-state index in [4.69, 9.17) is 10.00 Å². The predicted octanol–water partition coefficient (Wildman–Crippen LogP) is 3.91. The topological polar surface area (TPSA) is 79.9 Å². The molecule has 0 fully saturated rings. The van der Waals surface area contributed by atoms with Crippen LogP contribution in [0.1, 0.15) is 49.2 Å². The molecule has 0 radical (unpaired) electrons. The fourth-order valence-corrected chi connectivity index (χ4v) is 2.93. The average Bonchev–Trinajstić information content (AvgIpc) is 2.90. The SMILES string of the molecule is Cc1nn(CCC#N)c(C)c1CCC(=O)Nc1cccc(COC(C)C)c1. The van der Waals surface area contributed by atoms with Gasteiger partial charge in [-0.25, -0.2) is 0 Å². The molecule has 6 nitrogen and oxygen atoms in total. The molecule has 0 atom stereocenters. The van der Waals surface area contributed by atoms with Gasteiger partial charge in [0.2, 0.25) is 5.91 Å². The van der Waals surface area contributed by atoms with Crippen LogP contribution in [0.3, 0.4) is 0 Å². The van der Waals surface area contributed by atoms with E-state index >= 15 is 0 Å². The smallest absolute Gasteiger partial charge is 0.224 e. The first-order valence-corrected chi connectivity index (χ1v) is 9.31. The number of amides is 1. The summed E-state index contributed by atoms with van der Waals surface area (Å²) in [5.74, 6) is -0.0273. The number of ether oxygens (including phenoxy) is 1. The Morgan fingerprint density at radius 2 is 2.15 bits per heavy atom. The van der Waals surface area contributed by atoms with Crippen LogP contribution >= 0.6 is 0 Å². The molecule has 6 heteroatoms. The van der Waals surface area contributed by atoms with E-state index in [1.165, 1.54) is 0 Å². The maximum Gasteiger partial charge on any atom is 0.224 e. The second kappa shape index (κ2) is 9.89. The average molecular weight is 368 g/mol. The van der Waals surface area contributed by atoms with Crippen molar-refractivity contribution >= 4 is 11.6 Å². The molecule has 1 heterocycles.